The number of piperidine rings is 1. The zero-order chi connectivity index (χ0) is 26.2. The summed E-state index contributed by atoms with van der Waals surface area (Å²) in [5.41, 5.74) is 1.86. The first-order valence-corrected chi connectivity index (χ1v) is 14.0. The van der Waals surface area contributed by atoms with E-state index >= 15 is 0 Å². The standard InChI is InChI=1S/C28H31N3O5S/c1-19(2)18-36-24-10-6-21(7-11-24)28(33)29-23-8-12-25(13-9-23)37(34,35)30-15-20-14-22(17-30)26-4-3-5-27(32)31(26)16-20/h3-13,19-20,22H,14-18H2,1-2H3,(H,29,33)/t20-,22+/m0/s1. The summed E-state index contributed by atoms with van der Waals surface area (Å²) in [5, 5.41) is 2.81. The Morgan fingerprint density at radius 2 is 1.73 bits per heavy atom. The maximum Gasteiger partial charge on any atom is 0.255 e. The van der Waals surface area contributed by atoms with Gasteiger partial charge in [-0.1, -0.05) is 19.9 Å². The van der Waals surface area contributed by atoms with E-state index in [-0.39, 0.29) is 28.2 Å². The fourth-order valence-corrected chi connectivity index (χ4v) is 6.64. The molecule has 2 aliphatic heterocycles. The van der Waals surface area contributed by atoms with Gasteiger partial charge in [0.05, 0.1) is 11.5 Å². The van der Waals surface area contributed by atoms with E-state index < -0.39 is 10.0 Å². The lowest BCUT2D eigenvalue weighted by molar-refractivity contribution is 0.102. The van der Waals surface area contributed by atoms with Crippen LogP contribution >= 0.6 is 0 Å². The molecule has 0 aliphatic carbocycles. The van der Waals surface area contributed by atoms with E-state index in [0.717, 1.165) is 12.1 Å². The van der Waals surface area contributed by atoms with Crippen molar-refractivity contribution in [2.45, 2.75) is 37.6 Å². The average Bonchev–Trinajstić information content (AvgIpc) is 2.88. The lowest BCUT2D eigenvalue weighted by Gasteiger charge is -2.42. The van der Waals surface area contributed by atoms with Crippen LogP contribution in [0.2, 0.25) is 0 Å². The van der Waals surface area contributed by atoms with E-state index in [4.69, 9.17) is 4.74 Å². The molecule has 194 valence electrons. The van der Waals surface area contributed by atoms with Crippen molar-refractivity contribution in [2.75, 3.05) is 25.0 Å². The van der Waals surface area contributed by atoms with Gasteiger partial charge in [-0.2, -0.15) is 4.31 Å². The fourth-order valence-electron chi connectivity index (χ4n) is 5.08. The SMILES string of the molecule is CC(C)COc1ccc(C(=O)Nc2ccc(S(=O)(=O)N3C[C@@H]4C[C@H](C3)c3cccc(=O)n3C4)cc2)cc1. The van der Waals surface area contributed by atoms with Gasteiger partial charge in [0.15, 0.2) is 0 Å². The molecule has 2 aliphatic rings. The second kappa shape index (κ2) is 10.1. The third-order valence-electron chi connectivity index (χ3n) is 6.90. The number of carbonyl (C=O) groups is 1. The lowest BCUT2D eigenvalue weighted by atomic mass is 9.84. The number of hydrogen-bond donors (Lipinski definition) is 1. The number of rotatable bonds is 7. The highest BCUT2D eigenvalue weighted by atomic mass is 32.2. The summed E-state index contributed by atoms with van der Waals surface area (Å²) >= 11 is 0. The number of sulfonamides is 1. The number of nitrogens with one attached hydrogen (secondary N) is 1. The van der Waals surface area contributed by atoms with E-state index in [1.54, 1.807) is 53.1 Å². The number of aromatic nitrogens is 1. The van der Waals surface area contributed by atoms with Crippen LogP contribution in [-0.2, 0) is 16.6 Å². The average molecular weight is 522 g/mol. The van der Waals surface area contributed by atoms with Crippen LogP contribution in [0.15, 0.2) is 76.4 Å². The molecule has 1 fully saturated rings. The first kappa shape index (κ1) is 25.2. The van der Waals surface area contributed by atoms with Crippen LogP contribution < -0.4 is 15.6 Å². The minimum absolute atomic E-state index is 0.00287. The third-order valence-corrected chi connectivity index (χ3v) is 8.74. The number of amides is 1. The quantitative estimate of drug-likeness (QED) is 0.508. The molecule has 1 saturated heterocycles. The Labute approximate surface area is 216 Å². The van der Waals surface area contributed by atoms with Gasteiger partial charge in [0.2, 0.25) is 10.0 Å². The number of hydrogen-bond acceptors (Lipinski definition) is 5. The molecule has 1 N–H and O–H groups in total. The van der Waals surface area contributed by atoms with Crippen molar-refractivity contribution in [1.29, 1.82) is 0 Å². The highest BCUT2D eigenvalue weighted by Crippen LogP contribution is 2.37. The Morgan fingerprint density at radius 1 is 1.00 bits per heavy atom. The second-order valence-corrected chi connectivity index (χ2v) is 12.2. The highest BCUT2D eigenvalue weighted by molar-refractivity contribution is 7.89. The van der Waals surface area contributed by atoms with Crippen LogP contribution in [0.25, 0.3) is 0 Å². The summed E-state index contributed by atoms with van der Waals surface area (Å²) < 4.78 is 35.8. The summed E-state index contributed by atoms with van der Waals surface area (Å²) in [6.07, 6.45) is 0.880. The molecular weight excluding hydrogens is 490 g/mol. The monoisotopic (exact) mass is 521 g/mol. The molecule has 0 radical (unpaired) electrons. The summed E-state index contributed by atoms with van der Waals surface area (Å²) in [7, 11) is -3.71. The van der Waals surface area contributed by atoms with Crippen LogP contribution in [0, 0.1) is 11.8 Å². The van der Waals surface area contributed by atoms with Crippen molar-refractivity contribution >= 4 is 21.6 Å². The van der Waals surface area contributed by atoms with Gasteiger partial charge in [0.25, 0.3) is 11.5 Å². The van der Waals surface area contributed by atoms with Gasteiger partial charge in [-0.25, -0.2) is 8.42 Å². The predicted octanol–water partition coefficient (Wildman–Crippen LogP) is 3.94. The van der Waals surface area contributed by atoms with Gasteiger partial charge in [-0.3, -0.25) is 9.59 Å². The Bertz CT molecular complexity index is 1450. The van der Waals surface area contributed by atoms with Gasteiger partial charge >= 0.3 is 0 Å². The van der Waals surface area contributed by atoms with Crippen molar-refractivity contribution in [3.63, 3.8) is 0 Å². The first-order valence-electron chi connectivity index (χ1n) is 12.5. The molecule has 1 amide bonds. The largest absolute Gasteiger partial charge is 0.493 e. The molecule has 2 bridgehead atoms. The number of pyridine rings is 1. The maximum atomic E-state index is 13.4. The molecule has 8 nitrogen and oxygen atoms in total. The lowest BCUT2D eigenvalue weighted by Crippen LogP contribution is -2.48. The van der Waals surface area contributed by atoms with Crippen LogP contribution in [-0.4, -0.2) is 42.9 Å². The van der Waals surface area contributed by atoms with E-state index in [9.17, 15) is 18.0 Å². The number of nitrogens with zero attached hydrogens (tertiary/aromatic N) is 2. The molecule has 3 aromatic rings. The van der Waals surface area contributed by atoms with Gasteiger partial charge in [0, 0.05) is 48.6 Å². The van der Waals surface area contributed by atoms with Crippen molar-refractivity contribution in [2.24, 2.45) is 11.8 Å². The Hall–Kier alpha value is -3.43. The third kappa shape index (κ3) is 5.33. The molecule has 0 unspecified atom stereocenters. The van der Waals surface area contributed by atoms with Gasteiger partial charge in [-0.15, -0.1) is 0 Å². The normalized spacial score (nSPS) is 19.3. The molecule has 2 atom stereocenters. The van der Waals surface area contributed by atoms with E-state index in [2.05, 4.69) is 19.2 Å². The molecule has 9 heteroatoms. The molecule has 1 aromatic heterocycles. The number of carbonyl (C=O) groups excluding carboxylic acids is 1. The molecule has 2 aromatic carbocycles. The molecular formula is C28H31N3O5S. The second-order valence-electron chi connectivity index (χ2n) is 10.2. The summed E-state index contributed by atoms with van der Waals surface area (Å²) in [5.74, 6) is 0.923. The van der Waals surface area contributed by atoms with Crippen molar-refractivity contribution in [3.05, 3.63) is 88.3 Å². The van der Waals surface area contributed by atoms with Gasteiger partial charge < -0.3 is 14.6 Å². The zero-order valence-corrected chi connectivity index (χ0v) is 21.8. The van der Waals surface area contributed by atoms with Crippen LogP contribution in [0.4, 0.5) is 5.69 Å². The van der Waals surface area contributed by atoms with Gasteiger partial charge in [0.1, 0.15) is 5.75 Å². The smallest absolute Gasteiger partial charge is 0.255 e. The molecule has 0 saturated carbocycles. The van der Waals surface area contributed by atoms with Crippen molar-refractivity contribution in [1.82, 2.24) is 8.87 Å². The Kier molecular flexibility index (Phi) is 6.92. The predicted molar refractivity (Wildman–Crippen MR) is 141 cm³/mol. The van der Waals surface area contributed by atoms with E-state index in [0.29, 0.717) is 49.2 Å². The van der Waals surface area contributed by atoms with Gasteiger partial charge in [-0.05, 0) is 72.9 Å². The van der Waals surface area contributed by atoms with Crippen LogP contribution in [0.5, 0.6) is 5.75 Å². The first-order chi connectivity index (χ1) is 17.7. The summed E-state index contributed by atoms with van der Waals surface area (Å²) in [6.45, 7) is 6.00. The topological polar surface area (TPSA) is 97.7 Å². The van der Waals surface area contributed by atoms with Crippen molar-refractivity contribution < 1.29 is 17.9 Å². The number of ether oxygens (including phenoxy) is 1. The Morgan fingerprint density at radius 3 is 2.43 bits per heavy atom. The number of fused-ring (bicyclic) bond motifs is 4. The highest BCUT2D eigenvalue weighted by Gasteiger charge is 2.39. The number of anilines is 1. The zero-order valence-electron chi connectivity index (χ0n) is 21.0. The van der Waals surface area contributed by atoms with E-state index in [1.165, 1.54) is 16.4 Å². The minimum atomic E-state index is -3.71. The minimum Gasteiger partial charge on any atom is -0.493 e. The number of benzene rings is 2. The fraction of sp³-hybridized carbons (Fsp3) is 0.357. The van der Waals surface area contributed by atoms with E-state index in [1.807, 2.05) is 6.07 Å². The molecule has 0 spiro atoms. The van der Waals surface area contributed by atoms with Crippen LogP contribution in [0.1, 0.15) is 42.2 Å². The van der Waals surface area contributed by atoms with Crippen LogP contribution in [0.3, 0.4) is 0 Å². The van der Waals surface area contributed by atoms with Crippen molar-refractivity contribution in [3.8, 4) is 5.75 Å². The summed E-state index contributed by atoms with van der Waals surface area (Å²) in [4.78, 5) is 25.1. The molecule has 5 rings (SSSR count). The summed E-state index contributed by atoms with van der Waals surface area (Å²) in [6, 6.07) is 18.4. The molecule has 3 heterocycles. The molecule has 37 heavy (non-hydrogen) atoms. The Balaban J connectivity index is 1.25. The maximum absolute atomic E-state index is 13.4.